The summed E-state index contributed by atoms with van der Waals surface area (Å²) in [5.41, 5.74) is 1.48. The number of rotatable bonds is 12. The van der Waals surface area contributed by atoms with Crippen LogP contribution >= 0.6 is 10.9 Å². The van der Waals surface area contributed by atoms with Crippen molar-refractivity contribution in [2.45, 2.75) is 75.7 Å². The number of hydrogen-bond acceptors (Lipinski definition) is 7. The Balaban J connectivity index is 2.55. The highest BCUT2D eigenvalue weighted by molar-refractivity contribution is 8.20. The van der Waals surface area contributed by atoms with Crippen LogP contribution in [0.1, 0.15) is 64.5 Å². The van der Waals surface area contributed by atoms with Gasteiger partial charge in [0.25, 0.3) is 10.1 Å². The van der Waals surface area contributed by atoms with Crippen LogP contribution in [0.5, 0.6) is 0 Å². The highest BCUT2D eigenvalue weighted by atomic mass is 32.3. The number of Topliss-reactive ketones (excluding diaryl/α,β-unsaturated/α-hetero) is 2. The zero-order chi connectivity index (χ0) is 23.4. The summed E-state index contributed by atoms with van der Waals surface area (Å²) >= 11 is 0. The van der Waals surface area contributed by atoms with Crippen molar-refractivity contribution >= 4 is 32.6 Å². The van der Waals surface area contributed by atoms with Gasteiger partial charge in [-0.2, -0.15) is 8.42 Å². The first-order valence-corrected chi connectivity index (χ1v) is 12.5. The van der Waals surface area contributed by atoms with E-state index in [1.54, 1.807) is 24.3 Å². The number of carbonyl (C=O) groups excluding carboxylic acids is 2. The molecule has 0 spiro atoms. The smallest absolute Gasteiger partial charge is 0.270 e. The van der Waals surface area contributed by atoms with Gasteiger partial charge in [-0.15, -0.1) is 0 Å². The Morgan fingerprint density at radius 3 is 1.37 bits per heavy atom. The lowest BCUT2D eigenvalue weighted by atomic mass is 9.98. The Kier molecular flexibility index (Phi) is 8.81. The van der Waals surface area contributed by atoms with E-state index in [0.29, 0.717) is 0 Å². The van der Waals surface area contributed by atoms with Gasteiger partial charge < -0.3 is 13.7 Å². The van der Waals surface area contributed by atoms with Crippen LogP contribution in [0.4, 0.5) is 0 Å². The van der Waals surface area contributed by atoms with E-state index in [4.69, 9.17) is 0 Å². The first-order valence-electron chi connectivity index (χ1n) is 9.53. The SMILES string of the molecule is CC(C)(CCC(=O)Cc1ccc(CC(=O)CCC(C)(C)S(=O)(=O)O)cc1)S(O)(O)O. The molecule has 0 aromatic heterocycles. The lowest BCUT2D eigenvalue weighted by Crippen LogP contribution is -2.32. The summed E-state index contributed by atoms with van der Waals surface area (Å²) < 4.78 is 57.3. The molecule has 0 unspecified atom stereocenters. The van der Waals surface area contributed by atoms with Crippen LogP contribution in [0.25, 0.3) is 0 Å². The normalized spacial score (nSPS) is 13.9. The average Bonchev–Trinajstić information content (AvgIpc) is 2.58. The third kappa shape index (κ3) is 8.09. The summed E-state index contributed by atoms with van der Waals surface area (Å²) in [6.07, 6.45) is 0.541. The minimum absolute atomic E-state index is 0.0200. The van der Waals surface area contributed by atoms with E-state index in [-0.39, 0.29) is 50.1 Å². The molecular weight excluding hydrogens is 432 g/mol. The highest BCUT2D eigenvalue weighted by Gasteiger charge is 2.36. The van der Waals surface area contributed by atoms with Gasteiger partial charge in [0.05, 0.1) is 20.4 Å². The first-order chi connectivity index (χ1) is 13.4. The molecule has 30 heavy (non-hydrogen) atoms. The molecule has 0 saturated carbocycles. The Labute approximate surface area is 180 Å². The van der Waals surface area contributed by atoms with E-state index in [2.05, 4.69) is 0 Å². The molecule has 0 aliphatic carbocycles. The topological polar surface area (TPSA) is 149 Å². The van der Waals surface area contributed by atoms with Crippen LogP contribution in [0.3, 0.4) is 0 Å². The molecule has 0 aliphatic heterocycles. The lowest BCUT2D eigenvalue weighted by molar-refractivity contribution is -0.119. The molecule has 1 aromatic carbocycles. The van der Waals surface area contributed by atoms with Crippen molar-refractivity contribution < 1.29 is 36.2 Å². The number of ketones is 2. The fourth-order valence-corrected chi connectivity index (χ4v) is 3.29. The minimum Gasteiger partial charge on any atom is -0.308 e. The van der Waals surface area contributed by atoms with Gasteiger partial charge in [-0.05, 0) is 51.7 Å². The largest absolute Gasteiger partial charge is 0.308 e. The third-order valence-corrected chi connectivity index (χ3v) is 8.56. The summed E-state index contributed by atoms with van der Waals surface area (Å²) in [4.78, 5) is 24.3. The Hall–Kier alpha value is -1.30. The number of benzene rings is 1. The molecule has 0 amide bonds. The van der Waals surface area contributed by atoms with E-state index in [1.807, 2.05) is 0 Å². The first kappa shape index (κ1) is 26.7. The molecule has 0 saturated heterocycles. The summed E-state index contributed by atoms with van der Waals surface area (Å²) in [5.74, 6) is -0.260. The fraction of sp³-hybridized carbons (Fsp3) is 0.600. The molecule has 0 atom stereocenters. The second-order valence-electron chi connectivity index (χ2n) is 8.76. The van der Waals surface area contributed by atoms with Crippen molar-refractivity contribution in [3.63, 3.8) is 0 Å². The van der Waals surface area contributed by atoms with Gasteiger partial charge in [0.2, 0.25) is 0 Å². The van der Waals surface area contributed by atoms with Gasteiger partial charge in [0.1, 0.15) is 11.6 Å². The van der Waals surface area contributed by atoms with E-state index in [1.165, 1.54) is 27.7 Å². The molecule has 0 bridgehead atoms. The van der Waals surface area contributed by atoms with E-state index >= 15 is 0 Å². The zero-order valence-electron chi connectivity index (χ0n) is 17.8. The summed E-state index contributed by atoms with van der Waals surface area (Å²) in [7, 11) is -7.98. The van der Waals surface area contributed by atoms with Crippen LogP contribution in [0, 0.1) is 0 Å². The monoisotopic (exact) mass is 464 g/mol. The molecule has 1 aromatic rings. The van der Waals surface area contributed by atoms with Gasteiger partial charge in [-0.3, -0.25) is 14.1 Å². The molecular formula is C20H32O8S2. The molecule has 4 N–H and O–H groups in total. The van der Waals surface area contributed by atoms with Crippen LogP contribution < -0.4 is 0 Å². The second kappa shape index (κ2) is 9.88. The lowest BCUT2D eigenvalue weighted by Gasteiger charge is -2.36. The summed E-state index contributed by atoms with van der Waals surface area (Å²) in [6, 6.07) is 6.91. The van der Waals surface area contributed by atoms with Crippen LogP contribution in [-0.4, -0.2) is 47.7 Å². The molecule has 172 valence electrons. The standard InChI is InChI=1S/C20H32O8S2/c1-19(2,29(23,24)25)11-9-17(21)13-15-5-7-16(8-6-15)14-18(22)10-12-20(3,4)30(26,27)28/h5-8,23-25H,9-14H2,1-4H3,(H,26,27,28). The van der Waals surface area contributed by atoms with E-state index in [0.717, 1.165) is 11.1 Å². The van der Waals surface area contributed by atoms with Crippen molar-refractivity contribution in [2.24, 2.45) is 0 Å². The molecule has 0 fully saturated rings. The average molecular weight is 465 g/mol. The Bertz CT molecular complexity index is 850. The van der Waals surface area contributed by atoms with Gasteiger partial charge in [0, 0.05) is 25.7 Å². The second-order valence-corrected chi connectivity index (χ2v) is 13.0. The molecule has 0 heterocycles. The Morgan fingerprint density at radius 1 is 0.733 bits per heavy atom. The predicted molar refractivity (Wildman–Crippen MR) is 118 cm³/mol. The maximum Gasteiger partial charge on any atom is 0.270 e. The summed E-state index contributed by atoms with van der Waals surface area (Å²) in [5, 5.41) is 0. The van der Waals surface area contributed by atoms with Gasteiger partial charge >= 0.3 is 0 Å². The zero-order valence-corrected chi connectivity index (χ0v) is 19.4. The molecule has 0 aliphatic rings. The van der Waals surface area contributed by atoms with E-state index < -0.39 is 30.5 Å². The van der Waals surface area contributed by atoms with Crippen LogP contribution in [0.15, 0.2) is 24.3 Å². The highest BCUT2D eigenvalue weighted by Crippen LogP contribution is 2.50. The van der Waals surface area contributed by atoms with Crippen molar-refractivity contribution in [3.8, 4) is 0 Å². The van der Waals surface area contributed by atoms with Gasteiger partial charge in [0.15, 0.2) is 0 Å². The fourth-order valence-electron chi connectivity index (χ4n) is 2.55. The molecule has 0 radical (unpaired) electrons. The van der Waals surface area contributed by atoms with Crippen molar-refractivity contribution in [1.82, 2.24) is 0 Å². The summed E-state index contributed by atoms with van der Waals surface area (Å²) in [6.45, 7) is 5.70. The molecule has 1 rings (SSSR count). The van der Waals surface area contributed by atoms with Gasteiger partial charge in [-0.1, -0.05) is 24.3 Å². The number of hydrogen-bond donors (Lipinski definition) is 4. The van der Waals surface area contributed by atoms with Crippen molar-refractivity contribution in [2.75, 3.05) is 0 Å². The van der Waals surface area contributed by atoms with Crippen molar-refractivity contribution in [1.29, 1.82) is 0 Å². The maximum absolute atomic E-state index is 12.1. The van der Waals surface area contributed by atoms with E-state index in [9.17, 15) is 36.2 Å². The van der Waals surface area contributed by atoms with Crippen LogP contribution in [0.2, 0.25) is 0 Å². The number of carbonyl (C=O) groups is 2. The maximum atomic E-state index is 12.1. The molecule has 10 heteroatoms. The van der Waals surface area contributed by atoms with Gasteiger partial charge in [-0.25, -0.2) is 0 Å². The third-order valence-electron chi connectivity index (χ3n) is 5.28. The van der Waals surface area contributed by atoms with Crippen molar-refractivity contribution in [3.05, 3.63) is 35.4 Å². The Morgan fingerprint density at radius 2 is 1.07 bits per heavy atom. The molecule has 8 nitrogen and oxygen atoms in total. The quantitative estimate of drug-likeness (QED) is 0.337. The minimum atomic E-state index is -4.23. The van der Waals surface area contributed by atoms with Crippen LogP contribution in [-0.2, 0) is 32.5 Å². The predicted octanol–water partition coefficient (Wildman–Crippen LogP) is 4.14.